The van der Waals surface area contributed by atoms with Crippen LogP contribution in [0, 0.1) is 12.8 Å². The molecule has 1 N–H and O–H groups in total. The minimum Gasteiger partial charge on any atom is -0.395 e. The molecule has 0 fully saturated rings. The molecule has 0 radical (unpaired) electrons. The van der Waals surface area contributed by atoms with Gasteiger partial charge in [0.2, 0.25) is 0 Å². The minimum atomic E-state index is 0.246. The van der Waals surface area contributed by atoms with Crippen LogP contribution in [0.4, 0.5) is 0 Å². The fourth-order valence-electron chi connectivity index (χ4n) is 1.25. The smallest absolute Gasteiger partial charge is 0.0556 e. The van der Waals surface area contributed by atoms with Crippen LogP contribution in [0.3, 0.4) is 0 Å². The van der Waals surface area contributed by atoms with Crippen molar-refractivity contribution >= 4 is 11.8 Å². The van der Waals surface area contributed by atoms with E-state index in [1.165, 1.54) is 10.5 Å². The summed E-state index contributed by atoms with van der Waals surface area (Å²) in [7, 11) is 0. The summed E-state index contributed by atoms with van der Waals surface area (Å²) < 4.78 is 0. The van der Waals surface area contributed by atoms with Gasteiger partial charge < -0.3 is 5.11 Å². The molecule has 78 valence electrons. The highest BCUT2D eigenvalue weighted by Gasteiger charge is 2.13. The van der Waals surface area contributed by atoms with Gasteiger partial charge in [0.15, 0.2) is 0 Å². The highest BCUT2D eigenvalue weighted by molar-refractivity contribution is 8.00. The molecule has 0 amide bonds. The third-order valence-electron chi connectivity index (χ3n) is 2.20. The van der Waals surface area contributed by atoms with Crippen LogP contribution >= 0.6 is 11.8 Å². The number of benzene rings is 1. The van der Waals surface area contributed by atoms with Crippen LogP contribution in [0.5, 0.6) is 0 Å². The van der Waals surface area contributed by atoms with Gasteiger partial charge >= 0.3 is 0 Å². The van der Waals surface area contributed by atoms with Gasteiger partial charge in [-0.3, -0.25) is 0 Å². The zero-order valence-electron chi connectivity index (χ0n) is 9.03. The van der Waals surface area contributed by atoms with Crippen molar-refractivity contribution in [3.8, 4) is 0 Å². The topological polar surface area (TPSA) is 20.2 Å². The first-order chi connectivity index (χ1) is 6.63. The van der Waals surface area contributed by atoms with Gasteiger partial charge in [-0.05, 0) is 25.0 Å². The van der Waals surface area contributed by atoms with Crippen molar-refractivity contribution < 1.29 is 5.11 Å². The number of aliphatic hydroxyl groups is 1. The summed E-state index contributed by atoms with van der Waals surface area (Å²) in [6.45, 7) is 6.62. The Kier molecular flexibility index (Phi) is 4.49. The van der Waals surface area contributed by atoms with E-state index < -0.39 is 0 Å². The molecule has 0 saturated carbocycles. The molecule has 1 rings (SSSR count). The number of hydrogen-bond donors (Lipinski definition) is 1. The quantitative estimate of drug-likeness (QED) is 0.771. The van der Waals surface area contributed by atoms with Gasteiger partial charge in [-0.25, -0.2) is 0 Å². The van der Waals surface area contributed by atoms with E-state index in [0.29, 0.717) is 11.2 Å². The second-order valence-corrected chi connectivity index (χ2v) is 5.21. The molecule has 1 aromatic rings. The Balaban J connectivity index is 2.67. The molecule has 0 aromatic heterocycles. The predicted octanol–water partition coefficient (Wildman–Crippen LogP) is 3.10. The first-order valence-electron chi connectivity index (χ1n) is 4.97. The van der Waals surface area contributed by atoms with Gasteiger partial charge in [-0.15, -0.1) is 11.8 Å². The first kappa shape index (κ1) is 11.6. The molecule has 14 heavy (non-hydrogen) atoms. The Morgan fingerprint density at radius 1 is 1.36 bits per heavy atom. The highest BCUT2D eigenvalue weighted by atomic mass is 32.2. The average molecular weight is 210 g/mol. The van der Waals surface area contributed by atoms with Crippen LogP contribution in [0.25, 0.3) is 0 Å². The Morgan fingerprint density at radius 3 is 2.57 bits per heavy atom. The van der Waals surface area contributed by atoms with Gasteiger partial charge in [0.1, 0.15) is 0 Å². The van der Waals surface area contributed by atoms with Gasteiger partial charge in [-0.2, -0.15) is 0 Å². The second kappa shape index (κ2) is 5.42. The molecular formula is C12H18OS. The van der Waals surface area contributed by atoms with Crippen molar-refractivity contribution in [2.45, 2.75) is 30.9 Å². The fourth-order valence-corrected chi connectivity index (χ4v) is 2.35. The summed E-state index contributed by atoms with van der Waals surface area (Å²) in [6, 6.07) is 8.41. The number of rotatable bonds is 4. The van der Waals surface area contributed by atoms with Crippen molar-refractivity contribution in [2.75, 3.05) is 6.61 Å². The van der Waals surface area contributed by atoms with Crippen LogP contribution in [-0.4, -0.2) is 17.0 Å². The maximum atomic E-state index is 9.21. The number of thioether (sulfide) groups is 1. The number of aliphatic hydroxyl groups excluding tert-OH is 1. The summed E-state index contributed by atoms with van der Waals surface area (Å²) in [4.78, 5) is 1.25. The molecule has 0 aliphatic rings. The fraction of sp³-hybridized carbons (Fsp3) is 0.500. The Bertz CT molecular complexity index is 283. The second-order valence-electron chi connectivity index (χ2n) is 3.90. The van der Waals surface area contributed by atoms with E-state index in [9.17, 15) is 5.11 Å². The molecule has 0 saturated heterocycles. The predicted molar refractivity (Wildman–Crippen MR) is 62.7 cm³/mol. The van der Waals surface area contributed by atoms with Crippen LogP contribution in [0.15, 0.2) is 29.2 Å². The first-order valence-corrected chi connectivity index (χ1v) is 5.85. The Hall–Kier alpha value is -0.470. The van der Waals surface area contributed by atoms with E-state index >= 15 is 0 Å². The molecule has 0 aliphatic carbocycles. The maximum Gasteiger partial charge on any atom is 0.0556 e. The zero-order valence-corrected chi connectivity index (χ0v) is 9.84. The summed E-state index contributed by atoms with van der Waals surface area (Å²) in [6.07, 6.45) is 0. The molecule has 0 heterocycles. The summed E-state index contributed by atoms with van der Waals surface area (Å²) in [5, 5.41) is 9.51. The molecule has 1 unspecified atom stereocenters. The lowest BCUT2D eigenvalue weighted by Crippen LogP contribution is -2.15. The van der Waals surface area contributed by atoms with Crippen molar-refractivity contribution in [3.63, 3.8) is 0 Å². The van der Waals surface area contributed by atoms with Crippen LogP contribution in [0.2, 0.25) is 0 Å². The largest absolute Gasteiger partial charge is 0.395 e. The molecule has 1 nitrogen and oxygen atoms in total. The van der Waals surface area contributed by atoms with E-state index in [1.807, 2.05) is 0 Å². The van der Waals surface area contributed by atoms with Crippen LogP contribution in [-0.2, 0) is 0 Å². The lowest BCUT2D eigenvalue weighted by molar-refractivity contribution is 0.275. The SMILES string of the molecule is Cc1cccc(SC(CO)C(C)C)c1. The average Bonchev–Trinajstić information content (AvgIpc) is 2.14. The van der Waals surface area contributed by atoms with Gasteiger partial charge in [0.05, 0.1) is 6.61 Å². The lowest BCUT2D eigenvalue weighted by Gasteiger charge is -2.17. The summed E-state index contributed by atoms with van der Waals surface area (Å²) in [5.74, 6) is 0.505. The third kappa shape index (κ3) is 3.35. The van der Waals surface area contributed by atoms with Crippen LogP contribution in [0.1, 0.15) is 19.4 Å². The van der Waals surface area contributed by atoms with E-state index in [2.05, 4.69) is 45.0 Å². The van der Waals surface area contributed by atoms with E-state index in [-0.39, 0.29) is 6.61 Å². The van der Waals surface area contributed by atoms with E-state index in [1.54, 1.807) is 11.8 Å². The molecule has 0 aliphatic heterocycles. The van der Waals surface area contributed by atoms with E-state index in [4.69, 9.17) is 0 Å². The summed E-state index contributed by atoms with van der Waals surface area (Å²) >= 11 is 1.76. The maximum absolute atomic E-state index is 9.21. The molecule has 1 aromatic carbocycles. The lowest BCUT2D eigenvalue weighted by atomic mass is 10.1. The molecule has 1 atom stereocenters. The Labute approximate surface area is 90.5 Å². The molecular weight excluding hydrogens is 192 g/mol. The molecule has 0 spiro atoms. The highest BCUT2D eigenvalue weighted by Crippen LogP contribution is 2.28. The zero-order chi connectivity index (χ0) is 10.6. The number of aryl methyl sites for hydroxylation is 1. The van der Waals surface area contributed by atoms with Gasteiger partial charge in [0.25, 0.3) is 0 Å². The van der Waals surface area contributed by atoms with Crippen molar-refractivity contribution in [1.82, 2.24) is 0 Å². The van der Waals surface area contributed by atoms with Gasteiger partial charge in [0, 0.05) is 10.1 Å². The minimum absolute atomic E-state index is 0.246. The monoisotopic (exact) mass is 210 g/mol. The standard InChI is InChI=1S/C12H18OS/c1-9(2)12(8-13)14-11-6-4-5-10(3)7-11/h4-7,9,12-13H,8H2,1-3H3. The third-order valence-corrected chi connectivity index (χ3v) is 3.72. The molecule has 0 bridgehead atoms. The normalized spacial score (nSPS) is 13.2. The van der Waals surface area contributed by atoms with Crippen molar-refractivity contribution in [3.05, 3.63) is 29.8 Å². The van der Waals surface area contributed by atoms with Crippen molar-refractivity contribution in [1.29, 1.82) is 0 Å². The number of hydrogen-bond acceptors (Lipinski definition) is 2. The molecule has 2 heteroatoms. The van der Waals surface area contributed by atoms with Crippen molar-refractivity contribution in [2.24, 2.45) is 5.92 Å². The van der Waals surface area contributed by atoms with Gasteiger partial charge in [-0.1, -0.05) is 31.5 Å². The summed E-state index contributed by atoms with van der Waals surface area (Å²) in [5.41, 5.74) is 1.27. The Morgan fingerprint density at radius 2 is 2.07 bits per heavy atom. The van der Waals surface area contributed by atoms with E-state index in [0.717, 1.165) is 0 Å². The van der Waals surface area contributed by atoms with Crippen LogP contribution < -0.4 is 0 Å².